The van der Waals surface area contributed by atoms with Gasteiger partial charge < -0.3 is 0 Å². The van der Waals surface area contributed by atoms with E-state index in [1.54, 1.807) is 0 Å². The third kappa shape index (κ3) is 3.99. The van der Waals surface area contributed by atoms with Crippen LogP contribution in [-0.2, 0) is 0 Å². The first kappa shape index (κ1) is 12.9. The summed E-state index contributed by atoms with van der Waals surface area (Å²) in [5.74, 6) is 1.75. The van der Waals surface area contributed by atoms with E-state index in [0.29, 0.717) is 0 Å². The molecular weight excluding hydrogens is 206 g/mol. The topological polar surface area (TPSA) is 3.24 Å². The predicted octanol–water partition coefficient (Wildman–Crippen LogP) is 4.02. The van der Waals surface area contributed by atoms with Crippen molar-refractivity contribution in [1.29, 1.82) is 0 Å². The number of piperidine rings is 1. The first-order valence-electron chi connectivity index (χ1n) is 7.37. The number of nitrogens with zero attached hydrogens (tertiary/aromatic N) is 1. The van der Waals surface area contributed by atoms with Crippen molar-refractivity contribution in [1.82, 2.24) is 4.90 Å². The van der Waals surface area contributed by atoms with Gasteiger partial charge in [-0.1, -0.05) is 44.9 Å². The summed E-state index contributed by atoms with van der Waals surface area (Å²) in [6.45, 7) is 8.41. The summed E-state index contributed by atoms with van der Waals surface area (Å²) in [4.78, 5) is 2.64. The van der Waals surface area contributed by atoms with Gasteiger partial charge in [-0.05, 0) is 49.8 Å². The highest BCUT2D eigenvalue weighted by atomic mass is 15.1. The van der Waals surface area contributed by atoms with E-state index < -0.39 is 0 Å². The van der Waals surface area contributed by atoms with Gasteiger partial charge in [-0.15, -0.1) is 0 Å². The van der Waals surface area contributed by atoms with E-state index in [4.69, 9.17) is 0 Å². The van der Waals surface area contributed by atoms with Crippen molar-refractivity contribution in [3.63, 3.8) is 0 Å². The number of rotatable bonds is 4. The first-order chi connectivity index (χ1) is 8.28. The summed E-state index contributed by atoms with van der Waals surface area (Å²) < 4.78 is 0. The summed E-state index contributed by atoms with van der Waals surface area (Å²) >= 11 is 0. The smallest absolute Gasteiger partial charge is 0.0230 e. The molecule has 96 valence electrons. The van der Waals surface area contributed by atoms with Gasteiger partial charge in [0.1, 0.15) is 0 Å². The Hall–Kier alpha value is -0.560. The molecule has 17 heavy (non-hydrogen) atoms. The van der Waals surface area contributed by atoms with Crippen LogP contribution in [0, 0.1) is 11.8 Å². The van der Waals surface area contributed by atoms with E-state index in [-0.39, 0.29) is 0 Å². The monoisotopic (exact) mass is 233 g/mol. The lowest BCUT2D eigenvalue weighted by Crippen LogP contribution is -2.35. The molecular formula is C16H27N. The molecule has 0 N–H and O–H groups in total. The van der Waals surface area contributed by atoms with Crippen molar-refractivity contribution < 1.29 is 0 Å². The summed E-state index contributed by atoms with van der Waals surface area (Å²) in [5, 5.41) is 0. The standard InChI is InChI=1S/C16H27N/c1-3-4-15-9-11-17(12-10-15)13-16-7-5-14(2)6-8-16/h5,7-8,14-15H,3-4,6,9-13H2,1-2H3. The van der Waals surface area contributed by atoms with Gasteiger partial charge in [0.2, 0.25) is 0 Å². The molecule has 0 aromatic rings. The molecule has 1 aliphatic heterocycles. The van der Waals surface area contributed by atoms with Crippen molar-refractivity contribution in [2.45, 2.75) is 46.0 Å². The van der Waals surface area contributed by atoms with Crippen molar-refractivity contribution in [2.24, 2.45) is 11.8 Å². The minimum absolute atomic E-state index is 0.744. The van der Waals surface area contributed by atoms with Crippen LogP contribution in [0.5, 0.6) is 0 Å². The maximum atomic E-state index is 2.64. The predicted molar refractivity (Wildman–Crippen MR) is 75.1 cm³/mol. The Morgan fingerprint density at radius 1 is 1.29 bits per heavy atom. The highest BCUT2D eigenvalue weighted by Gasteiger charge is 2.18. The van der Waals surface area contributed by atoms with E-state index >= 15 is 0 Å². The molecule has 0 aromatic carbocycles. The fourth-order valence-corrected chi connectivity index (χ4v) is 2.99. The van der Waals surface area contributed by atoms with Crippen molar-refractivity contribution in [3.05, 3.63) is 23.8 Å². The van der Waals surface area contributed by atoms with Gasteiger partial charge in [-0.25, -0.2) is 0 Å². The molecule has 0 bridgehead atoms. The molecule has 1 aliphatic carbocycles. The molecule has 2 aliphatic rings. The highest BCUT2D eigenvalue weighted by Crippen LogP contribution is 2.23. The average molecular weight is 233 g/mol. The molecule has 1 saturated heterocycles. The second-order valence-electron chi connectivity index (χ2n) is 5.86. The summed E-state index contributed by atoms with van der Waals surface area (Å²) in [6, 6.07) is 0. The quantitative estimate of drug-likeness (QED) is 0.709. The third-order valence-corrected chi connectivity index (χ3v) is 4.20. The molecule has 0 saturated carbocycles. The van der Waals surface area contributed by atoms with Gasteiger partial charge in [-0.2, -0.15) is 0 Å². The number of hydrogen-bond donors (Lipinski definition) is 0. The zero-order chi connectivity index (χ0) is 12.1. The van der Waals surface area contributed by atoms with Crippen LogP contribution in [0.4, 0.5) is 0 Å². The van der Waals surface area contributed by atoms with Gasteiger partial charge >= 0.3 is 0 Å². The van der Waals surface area contributed by atoms with E-state index in [1.807, 2.05) is 0 Å². The van der Waals surface area contributed by atoms with E-state index in [1.165, 1.54) is 57.3 Å². The Morgan fingerprint density at radius 2 is 2.06 bits per heavy atom. The van der Waals surface area contributed by atoms with Crippen LogP contribution in [0.25, 0.3) is 0 Å². The van der Waals surface area contributed by atoms with Crippen LogP contribution in [0.3, 0.4) is 0 Å². The molecule has 0 amide bonds. The summed E-state index contributed by atoms with van der Waals surface area (Å²) in [5.41, 5.74) is 1.54. The normalized spacial score (nSPS) is 27.2. The number of hydrogen-bond acceptors (Lipinski definition) is 1. The van der Waals surface area contributed by atoms with Crippen LogP contribution < -0.4 is 0 Å². The Kier molecular flexibility index (Phi) is 4.85. The lowest BCUT2D eigenvalue weighted by molar-refractivity contribution is 0.191. The highest BCUT2D eigenvalue weighted by molar-refractivity contribution is 5.24. The lowest BCUT2D eigenvalue weighted by atomic mass is 9.92. The van der Waals surface area contributed by atoms with E-state index in [9.17, 15) is 0 Å². The average Bonchev–Trinajstić information content (AvgIpc) is 2.35. The zero-order valence-corrected chi connectivity index (χ0v) is 11.5. The summed E-state index contributed by atoms with van der Waals surface area (Å²) in [6.07, 6.45) is 14.0. The van der Waals surface area contributed by atoms with E-state index in [0.717, 1.165) is 11.8 Å². The minimum atomic E-state index is 0.744. The molecule has 1 unspecified atom stereocenters. The zero-order valence-electron chi connectivity index (χ0n) is 11.5. The van der Waals surface area contributed by atoms with Crippen LogP contribution in [0.2, 0.25) is 0 Å². The summed E-state index contributed by atoms with van der Waals surface area (Å²) in [7, 11) is 0. The minimum Gasteiger partial charge on any atom is -0.299 e. The van der Waals surface area contributed by atoms with Gasteiger partial charge in [-0.3, -0.25) is 4.90 Å². The number of allylic oxidation sites excluding steroid dienone is 2. The SMILES string of the molecule is CCCC1CCN(CC2=CCC(C)C=C2)CC1. The van der Waals surface area contributed by atoms with Gasteiger partial charge in [0.25, 0.3) is 0 Å². The second-order valence-corrected chi connectivity index (χ2v) is 5.86. The molecule has 1 atom stereocenters. The molecule has 1 nitrogen and oxygen atoms in total. The van der Waals surface area contributed by atoms with Gasteiger partial charge in [0.05, 0.1) is 0 Å². The largest absolute Gasteiger partial charge is 0.299 e. The second kappa shape index (κ2) is 6.39. The van der Waals surface area contributed by atoms with Crippen LogP contribution >= 0.6 is 0 Å². The molecule has 1 heterocycles. The van der Waals surface area contributed by atoms with Gasteiger partial charge in [0.15, 0.2) is 0 Å². The number of likely N-dealkylation sites (tertiary alicyclic amines) is 1. The van der Waals surface area contributed by atoms with Crippen molar-refractivity contribution >= 4 is 0 Å². The Bertz CT molecular complexity index is 282. The van der Waals surface area contributed by atoms with Crippen LogP contribution in [0.1, 0.15) is 46.0 Å². The molecule has 2 rings (SSSR count). The van der Waals surface area contributed by atoms with Crippen molar-refractivity contribution in [3.8, 4) is 0 Å². The fourth-order valence-electron chi connectivity index (χ4n) is 2.99. The third-order valence-electron chi connectivity index (χ3n) is 4.20. The first-order valence-corrected chi connectivity index (χ1v) is 7.37. The Balaban J connectivity index is 1.73. The lowest BCUT2D eigenvalue weighted by Gasteiger charge is -2.32. The molecule has 0 radical (unpaired) electrons. The van der Waals surface area contributed by atoms with Gasteiger partial charge in [0, 0.05) is 6.54 Å². The molecule has 1 fully saturated rings. The van der Waals surface area contributed by atoms with Crippen LogP contribution in [0.15, 0.2) is 23.8 Å². The maximum absolute atomic E-state index is 2.64. The maximum Gasteiger partial charge on any atom is 0.0230 e. The van der Waals surface area contributed by atoms with E-state index in [2.05, 4.69) is 37.0 Å². The molecule has 0 spiro atoms. The fraction of sp³-hybridized carbons (Fsp3) is 0.750. The molecule has 1 heteroatoms. The van der Waals surface area contributed by atoms with Crippen molar-refractivity contribution in [2.75, 3.05) is 19.6 Å². The van der Waals surface area contributed by atoms with Crippen LogP contribution in [-0.4, -0.2) is 24.5 Å². The Morgan fingerprint density at radius 3 is 2.65 bits per heavy atom. The Labute approximate surface area is 107 Å². The molecule has 0 aromatic heterocycles.